The van der Waals surface area contributed by atoms with Gasteiger partial charge in [-0.3, -0.25) is 4.99 Å². The first-order valence-corrected chi connectivity index (χ1v) is 10.1. The average molecular weight is 503 g/mol. The van der Waals surface area contributed by atoms with Gasteiger partial charge in [-0.25, -0.2) is 0 Å². The summed E-state index contributed by atoms with van der Waals surface area (Å²) in [4.78, 5) is 6.77. The summed E-state index contributed by atoms with van der Waals surface area (Å²) >= 11 is 0. The van der Waals surface area contributed by atoms with Gasteiger partial charge in [-0.05, 0) is 49.8 Å². The van der Waals surface area contributed by atoms with Gasteiger partial charge in [0.1, 0.15) is 11.9 Å². The van der Waals surface area contributed by atoms with Crippen molar-refractivity contribution in [3.05, 3.63) is 29.8 Å². The van der Waals surface area contributed by atoms with Crippen LogP contribution >= 0.6 is 24.0 Å². The van der Waals surface area contributed by atoms with Gasteiger partial charge < -0.3 is 24.4 Å². The van der Waals surface area contributed by atoms with Gasteiger partial charge in [-0.1, -0.05) is 12.1 Å². The second-order valence-electron chi connectivity index (χ2n) is 7.19. The molecule has 0 radical (unpaired) electrons. The Labute approximate surface area is 186 Å². The van der Waals surface area contributed by atoms with Crippen molar-refractivity contribution >= 4 is 29.9 Å². The molecule has 0 aliphatic carbocycles. The van der Waals surface area contributed by atoms with Gasteiger partial charge in [0.2, 0.25) is 0 Å². The zero-order valence-electron chi connectivity index (χ0n) is 17.1. The van der Waals surface area contributed by atoms with Crippen molar-refractivity contribution in [3.63, 3.8) is 0 Å². The van der Waals surface area contributed by atoms with Crippen LogP contribution in [0, 0.1) is 0 Å². The van der Waals surface area contributed by atoms with Crippen LogP contribution in [0.1, 0.15) is 31.2 Å². The van der Waals surface area contributed by atoms with Crippen molar-refractivity contribution in [2.75, 3.05) is 47.0 Å². The van der Waals surface area contributed by atoms with Crippen molar-refractivity contribution < 1.29 is 14.2 Å². The Bertz CT molecular complexity index is 591. The summed E-state index contributed by atoms with van der Waals surface area (Å²) in [6, 6.07) is 8.34. The summed E-state index contributed by atoms with van der Waals surface area (Å²) < 4.78 is 16.9. The van der Waals surface area contributed by atoms with Gasteiger partial charge in [0.05, 0.1) is 19.8 Å². The summed E-state index contributed by atoms with van der Waals surface area (Å²) in [5.74, 6) is 1.89. The first-order chi connectivity index (χ1) is 13.3. The number of ether oxygens (including phenoxy) is 3. The molecule has 2 aliphatic heterocycles. The van der Waals surface area contributed by atoms with E-state index in [2.05, 4.69) is 27.3 Å². The number of methoxy groups -OCH3 is 1. The molecule has 0 aromatic heterocycles. The van der Waals surface area contributed by atoms with Gasteiger partial charge in [-0.15, -0.1) is 24.0 Å². The molecule has 1 aromatic rings. The van der Waals surface area contributed by atoms with Crippen molar-refractivity contribution in [1.29, 1.82) is 0 Å². The first kappa shape index (κ1) is 23.2. The van der Waals surface area contributed by atoms with Gasteiger partial charge in [-0.2, -0.15) is 0 Å². The summed E-state index contributed by atoms with van der Waals surface area (Å²) in [5, 5.41) is 3.51. The Morgan fingerprint density at radius 1 is 1.18 bits per heavy atom. The number of aliphatic imine (C=N–C) groups is 1. The van der Waals surface area contributed by atoms with E-state index in [0.717, 1.165) is 76.7 Å². The van der Waals surface area contributed by atoms with E-state index in [9.17, 15) is 0 Å². The monoisotopic (exact) mass is 503 g/mol. The molecule has 0 saturated carbocycles. The smallest absolute Gasteiger partial charge is 0.193 e. The molecule has 2 heterocycles. The Kier molecular flexibility index (Phi) is 10.4. The highest BCUT2D eigenvalue weighted by Gasteiger charge is 2.32. The Balaban J connectivity index is 0.00000280. The molecule has 2 unspecified atom stereocenters. The summed E-state index contributed by atoms with van der Waals surface area (Å²) in [5.41, 5.74) is 1.35. The van der Waals surface area contributed by atoms with Crippen molar-refractivity contribution in [2.45, 2.75) is 44.3 Å². The van der Waals surface area contributed by atoms with Crippen LogP contribution in [0.4, 0.5) is 0 Å². The van der Waals surface area contributed by atoms with E-state index in [4.69, 9.17) is 14.2 Å². The highest BCUT2D eigenvalue weighted by molar-refractivity contribution is 14.0. The molecule has 0 amide bonds. The number of aryl methyl sites for hydroxylation is 1. The molecular formula is C21H34IN3O3. The predicted octanol–water partition coefficient (Wildman–Crippen LogP) is 3.09. The molecule has 158 valence electrons. The van der Waals surface area contributed by atoms with Gasteiger partial charge in [0.25, 0.3) is 0 Å². The van der Waals surface area contributed by atoms with Crippen LogP contribution in [0.25, 0.3) is 0 Å². The van der Waals surface area contributed by atoms with Crippen LogP contribution in [-0.4, -0.2) is 70.1 Å². The third-order valence-electron chi connectivity index (χ3n) is 5.32. The molecule has 0 bridgehead atoms. The van der Waals surface area contributed by atoms with Gasteiger partial charge in [0, 0.05) is 33.3 Å². The number of unbranched alkanes of at least 4 members (excludes halogenated alkanes) is 1. The van der Waals surface area contributed by atoms with Gasteiger partial charge in [0.15, 0.2) is 5.96 Å². The van der Waals surface area contributed by atoms with E-state index < -0.39 is 0 Å². The number of rotatable bonds is 7. The number of benzene rings is 1. The van der Waals surface area contributed by atoms with Gasteiger partial charge >= 0.3 is 0 Å². The quantitative estimate of drug-likeness (QED) is 0.268. The zero-order chi connectivity index (χ0) is 18.9. The molecule has 2 atom stereocenters. The minimum absolute atomic E-state index is 0. The maximum atomic E-state index is 5.94. The van der Waals surface area contributed by atoms with E-state index in [1.807, 2.05) is 19.2 Å². The van der Waals surface area contributed by atoms with Crippen molar-refractivity contribution in [1.82, 2.24) is 10.2 Å². The maximum Gasteiger partial charge on any atom is 0.193 e. The van der Waals surface area contributed by atoms with E-state index in [1.165, 1.54) is 5.56 Å². The molecule has 1 aromatic carbocycles. The molecule has 2 aliphatic rings. The highest BCUT2D eigenvalue weighted by atomic mass is 127. The molecule has 0 spiro atoms. The van der Waals surface area contributed by atoms with Crippen LogP contribution in [0.5, 0.6) is 5.75 Å². The Morgan fingerprint density at radius 3 is 2.64 bits per heavy atom. The second-order valence-corrected chi connectivity index (χ2v) is 7.19. The van der Waals surface area contributed by atoms with E-state index in [1.54, 1.807) is 7.11 Å². The lowest BCUT2D eigenvalue weighted by molar-refractivity contribution is -0.0816. The normalized spacial score (nSPS) is 22.6. The summed E-state index contributed by atoms with van der Waals surface area (Å²) in [6.07, 6.45) is 6.01. The average Bonchev–Trinajstić information content (AvgIpc) is 3.26. The largest absolute Gasteiger partial charge is 0.497 e. The number of morpholine rings is 1. The summed E-state index contributed by atoms with van der Waals surface area (Å²) in [7, 11) is 3.56. The van der Waals surface area contributed by atoms with Crippen LogP contribution in [0.2, 0.25) is 0 Å². The number of hydrogen-bond acceptors (Lipinski definition) is 4. The Hall–Kier alpha value is -1.06. The maximum absolute atomic E-state index is 5.94. The standard InChI is InChI=1S/C21H33N3O3.HI/c1-22-21(24-13-15-27-20(16-24)19-7-5-14-26-19)23-12-4-3-6-17-8-10-18(25-2)11-9-17;/h8-11,19-20H,3-7,12-16H2,1-2H3,(H,22,23);1H. The van der Waals surface area contributed by atoms with Crippen molar-refractivity contribution in [3.8, 4) is 5.75 Å². The number of nitrogens with one attached hydrogen (secondary N) is 1. The third-order valence-corrected chi connectivity index (χ3v) is 5.32. The predicted molar refractivity (Wildman–Crippen MR) is 123 cm³/mol. The molecule has 2 saturated heterocycles. The van der Waals surface area contributed by atoms with Crippen LogP contribution in [0.15, 0.2) is 29.3 Å². The summed E-state index contributed by atoms with van der Waals surface area (Å²) in [6.45, 7) is 4.28. The minimum Gasteiger partial charge on any atom is -0.497 e. The van der Waals surface area contributed by atoms with Crippen LogP contribution in [-0.2, 0) is 15.9 Å². The molecule has 2 fully saturated rings. The minimum atomic E-state index is 0. The number of hydrogen-bond donors (Lipinski definition) is 1. The third kappa shape index (κ3) is 6.77. The second kappa shape index (κ2) is 12.5. The molecular weight excluding hydrogens is 469 g/mol. The fourth-order valence-corrected chi connectivity index (χ4v) is 3.77. The molecule has 3 rings (SSSR count). The first-order valence-electron chi connectivity index (χ1n) is 10.1. The van der Waals surface area contributed by atoms with Crippen LogP contribution in [0.3, 0.4) is 0 Å². The fourth-order valence-electron chi connectivity index (χ4n) is 3.77. The molecule has 1 N–H and O–H groups in total. The zero-order valence-corrected chi connectivity index (χ0v) is 19.4. The topological polar surface area (TPSA) is 55.3 Å². The lowest BCUT2D eigenvalue weighted by atomic mass is 10.1. The lowest BCUT2D eigenvalue weighted by Gasteiger charge is -2.37. The lowest BCUT2D eigenvalue weighted by Crippen LogP contribution is -2.53. The number of nitrogens with zero attached hydrogens (tertiary/aromatic N) is 2. The molecule has 28 heavy (non-hydrogen) atoms. The Morgan fingerprint density at radius 2 is 1.96 bits per heavy atom. The number of halogens is 1. The molecule has 6 nitrogen and oxygen atoms in total. The highest BCUT2D eigenvalue weighted by Crippen LogP contribution is 2.21. The van der Waals surface area contributed by atoms with E-state index in [0.29, 0.717) is 0 Å². The van der Waals surface area contributed by atoms with Crippen molar-refractivity contribution in [2.24, 2.45) is 4.99 Å². The van der Waals surface area contributed by atoms with Crippen LogP contribution < -0.4 is 10.1 Å². The molecule has 7 heteroatoms. The van der Waals surface area contributed by atoms with E-state index in [-0.39, 0.29) is 36.2 Å². The van der Waals surface area contributed by atoms with E-state index >= 15 is 0 Å². The SMILES string of the molecule is CN=C(NCCCCc1ccc(OC)cc1)N1CCOC(C2CCCO2)C1.I. The number of guanidine groups is 1. The fraction of sp³-hybridized carbons (Fsp3) is 0.667.